The van der Waals surface area contributed by atoms with Crippen molar-refractivity contribution in [3.05, 3.63) is 119 Å². The molecular formula is C61H94N2. The highest BCUT2D eigenvalue weighted by Crippen LogP contribution is 2.28. The van der Waals surface area contributed by atoms with Crippen LogP contribution in [0.1, 0.15) is 241 Å². The third kappa shape index (κ3) is 24.9. The van der Waals surface area contributed by atoms with Crippen LogP contribution in [-0.2, 0) is 25.7 Å². The van der Waals surface area contributed by atoms with Crippen molar-refractivity contribution in [2.45, 2.75) is 239 Å². The molecule has 0 atom stereocenters. The second-order valence-corrected chi connectivity index (χ2v) is 19.4. The van der Waals surface area contributed by atoms with E-state index in [1.54, 1.807) is 0 Å². The number of nitrogens with one attached hydrogen (secondary N) is 2. The highest BCUT2D eigenvalue weighted by Gasteiger charge is 2.07. The van der Waals surface area contributed by atoms with Gasteiger partial charge in [0, 0.05) is 22.7 Å². The van der Waals surface area contributed by atoms with Gasteiger partial charge in [0.05, 0.1) is 0 Å². The summed E-state index contributed by atoms with van der Waals surface area (Å²) < 4.78 is 0. The molecule has 2 heteroatoms. The van der Waals surface area contributed by atoms with Gasteiger partial charge in [0.1, 0.15) is 0 Å². The van der Waals surface area contributed by atoms with Crippen LogP contribution in [0.5, 0.6) is 0 Å². The normalized spacial score (nSPS) is 11.3. The van der Waals surface area contributed by atoms with E-state index in [0.717, 1.165) is 29.2 Å². The predicted molar refractivity (Wildman–Crippen MR) is 282 cm³/mol. The van der Waals surface area contributed by atoms with E-state index in [4.69, 9.17) is 0 Å². The second kappa shape index (κ2) is 34.8. The molecule has 4 rings (SSSR count). The van der Waals surface area contributed by atoms with Gasteiger partial charge in [-0.05, 0) is 115 Å². The molecule has 0 bridgehead atoms. The maximum absolute atomic E-state index is 3.78. The van der Waals surface area contributed by atoms with Gasteiger partial charge < -0.3 is 10.6 Å². The lowest BCUT2D eigenvalue weighted by Gasteiger charge is -2.15. The molecule has 2 N–H and O–H groups in total. The van der Waals surface area contributed by atoms with Crippen LogP contribution in [0.15, 0.2) is 91.0 Å². The van der Waals surface area contributed by atoms with Crippen molar-refractivity contribution in [3.63, 3.8) is 0 Å². The minimum absolute atomic E-state index is 0.915. The molecule has 0 amide bonds. The summed E-state index contributed by atoms with van der Waals surface area (Å²) in [6.45, 7) is 6.90. The topological polar surface area (TPSA) is 24.1 Å². The predicted octanol–water partition coefficient (Wildman–Crippen LogP) is 20.2. The molecule has 2 nitrogen and oxygen atoms in total. The molecule has 0 saturated carbocycles. The lowest BCUT2D eigenvalue weighted by atomic mass is 9.99. The van der Waals surface area contributed by atoms with E-state index in [9.17, 15) is 0 Å². The molecule has 0 aromatic heterocycles. The van der Waals surface area contributed by atoms with Crippen LogP contribution in [-0.4, -0.2) is 0 Å². The highest BCUT2D eigenvalue weighted by molar-refractivity contribution is 5.70. The van der Waals surface area contributed by atoms with E-state index in [-0.39, 0.29) is 0 Å². The quantitative estimate of drug-likeness (QED) is 0.0437. The Labute approximate surface area is 389 Å². The van der Waals surface area contributed by atoms with Crippen molar-refractivity contribution in [1.82, 2.24) is 0 Å². The molecule has 0 spiro atoms. The van der Waals surface area contributed by atoms with Gasteiger partial charge in [-0.1, -0.05) is 243 Å². The molecule has 0 fully saturated rings. The summed E-state index contributed by atoms with van der Waals surface area (Å²) in [6, 6.07) is 34.8. The van der Waals surface area contributed by atoms with Gasteiger partial charge in [-0.25, -0.2) is 0 Å². The van der Waals surface area contributed by atoms with E-state index < -0.39 is 0 Å². The first-order valence-electron chi connectivity index (χ1n) is 27.1. The Morgan fingerprint density at radius 2 is 0.492 bits per heavy atom. The smallest absolute Gasteiger partial charge is 0.0407 e. The molecule has 348 valence electrons. The van der Waals surface area contributed by atoms with Crippen LogP contribution in [0, 0.1) is 0 Å². The average molecular weight is 855 g/mol. The van der Waals surface area contributed by atoms with Crippen LogP contribution >= 0.6 is 0 Å². The van der Waals surface area contributed by atoms with Gasteiger partial charge in [-0.3, -0.25) is 0 Å². The summed E-state index contributed by atoms with van der Waals surface area (Å²) in [4.78, 5) is 0. The van der Waals surface area contributed by atoms with E-state index in [2.05, 4.69) is 122 Å². The van der Waals surface area contributed by atoms with Gasteiger partial charge in [0.25, 0.3) is 0 Å². The minimum Gasteiger partial charge on any atom is -0.355 e. The maximum atomic E-state index is 3.78. The standard InChI is InChI=1S/C61H94N2/c1-4-7-10-13-16-19-22-25-28-31-34-53-37-39-56(40-38-53)49-57-50-60(62-58-45-41-54(42-46-58)35-32-29-26-23-20-17-14-11-8-5-2)52-61(51-57)63-59-47-43-55(44-48-59)36-33-30-27-24-21-18-15-12-9-6-3/h37-48,50-52,62-63H,4-36,49H2,1-3H3. The summed E-state index contributed by atoms with van der Waals surface area (Å²) in [5.74, 6) is 0. The molecule has 0 aliphatic heterocycles. The summed E-state index contributed by atoms with van der Waals surface area (Å²) in [6.07, 6.45) is 46.1. The number of rotatable bonds is 39. The van der Waals surface area contributed by atoms with Crippen molar-refractivity contribution in [3.8, 4) is 0 Å². The average Bonchev–Trinajstić information content (AvgIpc) is 3.30. The molecule has 0 heterocycles. The van der Waals surface area contributed by atoms with Gasteiger partial charge >= 0.3 is 0 Å². The van der Waals surface area contributed by atoms with E-state index in [0.29, 0.717) is 0 Å². The number of benzene rings is 4. The van der Waals surface area contributed by atoms with Gasteiger partial charge in [0.2, 0.25) is 0 Å². The largest absolute Gasteiger partial charge is 0.355 e. The highest BCUT2D eigenvalue weighted by atomic mass is 14.9. The zero-order valence-corrected chi connectivity index (χ0v) is 41.2. The Morgan fingerprint density at radius 3 is 0.794 bits per heavy atom. The first-order valence-corrected chi connectivity index (χ1v) is 27.1. The molecule has 63 heavy (non-hydrogen) atoms. The van der Waals surface area contributed by atoms with Crippen molar-refractivity contribution in [1.29, 1.82) is 0 Å². The maximum Gasteiger partial charge on any atom is 0.0407 e. The summed E-state index contributed by atoms with van der Waals surface area (Å²) in [5, 5.41) is 7.55. The van der Waals surface area contributed by atoms with E-state index in [1.165, 1.54) is 240 Å². The number of unbranched alkanes of at least 4 members (excludes halogenated alkanes) is 27. The first-order chi connectivity index (χ1) is 31.1. The van der Waals surface area contributed by atoms with E-state index >= 15 is 0 Å². The third-order valence-electron chi connectivity index (χ3n) is 13.4. The van der Waals surface area contributed by atoms with Crippen LogP contribution in [0.2, 0.25) is 0 Å². The summed E-state index contributed by atoms with van der Waals surface area (Å²) in [5.41, 5.74) is 11.6. The summed E-state index contributed by atoms with van der Waals surface area (Å²) in [7, 11) is 0. The van der Waals surface area contributed by atoms with Crippen molar-refractivity contribution in [2.24, 2.45) is 0 Å². The number of aryl methyl sites for hydroxylation is 3. The van der Waals surface area contributed by atoms with Gasteiger partial charge in [-0.2, -0.15) is 0 Å². The Kier molecular flexibility index (Phi) is 28.8. The monoisotopic (exact) mass is 855 g/mol. The van der Waals surface area contributed by atoms with Crippen molar-refractivity contribution < 1.29 is 0 Å². The van der Waals surface area contributed by atoms with Gasteiger partial charge in [0.15, 0.2) is 0 Å². The van der Waals surface area contributed by atoms with Crippen molar-refractivity contribution in [2.75, 3.05) is 10.6 Å². The second-order valence-electron chi connectivity index (χ2n) is 19.4. The van der Waals surface area contributed by atoms with Crippen LogP contribution in [0.4, 0.5) is 22.7 Å². The fourth-order valence-electron chi connectivity index (χ4n) is 9.29. The molecule has 0 saturated heterocycles. The molecule has 4 aromatic carbocycles. The molecule has 0 unspecified atom stereocenters. The first kappa shape index (κ1) is 52.1. The molecular weight excluding hydrogens is 761 g/mol. The van der Waals surface area contributed by atoms with E-state index in [1.807, 2.05) is 0 Å². The molecule has 0 aliphatic carbocycles. The van der Waals surface area contributed by atoms with Crippen LogP contribution in [0.3, 0.4) is 0 Å². The zero-order valence-electron chi connectivity index (χ0n) is 41.2. The molecule has 4 aromatic rings. The number of hydrogen-bond acceptors (Lipinski definition) is 2. The minimum atomic E-state index is 0.915. The fourth-order valence-corrected chi connectivity index (χ4v) is 9.29. The van der Waals surface area contributed by atoms with Crippen LogP contribution < -0.4 is 10.6 Å². The Morgan fingerprint density at radius 1 is 0.238 bits per heavy atom. The fraction of sp³-hybridized carbons (Fsp3) is 0.607. The Bertz CT molecular complexity index is 1440. The third-order valence-corrected chi connectivity index (χ3v) is 13.4. The lowest BCUT2D eigenvalue weighted by Crippen LogP contribution is -1.98. The SMILES string of the molecule is CCCCCCCCCCCCc1ccc(Cc2cc(Nc3ccc(CCCCCCCCCCCC)cc3)cc(Nc3ccc(CCCCCCCCCCCC)cc3)c2)cc1. The Hall–Kier alpha value is -3.52. The number of anilines is 4. The van der Waals surface area contributed by atoms with Crippen molar-refractivity contribution >= 4 is 22.7 Å². The molecule has 0 radical (unpaired) electrons. The Balaban J connectivity index is 1.28. The summed E-state index contributed by atoms with van der Waals surface area (Å²) >= 11 is 0. The zero-order chi connectivity index (χ0) is 44.3. The number of hydrogen-bond donors (Lipinski definition) is 2. The van der Waals surface area contributed by atoms with Gasteiger partial charge in [-0.15, -0.1) is 0 Å². The molecule has 0 aliphatic rings. The lowest BCUT2D eigenvalue weighted by molar-refractivity contribution is 0.556. The van der Waals surface area contributed by atoms with Crippen LogP contribution in [0.25, 0.3) is 0 Å².